The van der Waals surface area contributed by atoms with Crippen LogP contribution >= 0.6 is 0 Å². The molecule has 66 valence electrons. The van der Waals surface area contributed by atoms with Crippen LogP contribution in [0.1, 0.15) is 0 Å². The summed E-state index contributed by atoms with van der Waals surface area (Å²) in [6.45, 7) is -1.37. The van der Waals surface area contributed by atoms with Gasteiger partial charge in [-0.15, -0.1) is 0 Å². The van der Waals surface area contributed by atoms with Gasteiger partial charge in [0.2, 0.25) is 0 Å². The van der Waals surface area contributed by atoms with Gasteiger partial charge < -0.3 is 0 Å². The topological polar surface area (TPSA) is 26.3 Å². The van der Waals surface area contributed by atoms with Crippen LogP contribution in [-0.2, 0) is 6.15 Å². The molecule has 0 radical (unpaired) electrons. The van der Waals surface area contributed by atoms with Gasteiger partial charge in [0.05, 0.1) is 0 Å². The molecular weight excluding hydrogens is 268 g/mol. The maximum atomic E-state index is 12.4. The van der Waals surface area contributed by atoms with Crippen molar-refractivity contribution in [2.75, 3.05) is 13.8 Å². The van der Waals surface area contributed by atoms with E-state index in [1.165, 1.54) is 7.11 Å². The molecule has 11 heavy (non-hydrogen) atoms. The summed E-state index contributed by atoms with van der Waals surface area (Å²) in [5, 5.41) is 0. The van der Waals surface area contributed by atoms with Gasteiger partial charge in [-0.1, -0.05) is 0 Å². The average Bonchev–Trinajstić information content (AvgIpc) is 2.02. The van der Waals surface area contributed by atoms with Gasteiger partial charge in [0.25, 0.3) is 0 Å². The minimum atomic E-state index is -3.35. The van der Waals surface area contributed by atoms with E-state index in [1.807, 2.05) is 0 Å². The van der Waals surface area contributed by atoms with E-state index in [0.717, 1.165) is 0 Å². The second kappa shape index (κ2) is 5.93. The van der Waals surface area contributed by atoms with E-state index < -0.39 is 43.6 Å². The Balaban J connectivity index is 3.67. The molecule has 0 heterocycles. The third-order valence-corrected chi connectivity index (χ3v) is 4.49. The van der Waals surface area contributed by atoms with E-state index in [4.69, 9.17) is 0 Å². The SMILES string of the molecule is C[O][Sn](=[O])[CH2]C(F)C(F)CF. The third-order valence-electron chi connectivity index (χ3n) is 1.13. The van der Waals surface area contributed by atoms with Gasteiger partial charge in [0, 0.05) is 0 Å². The molecule has 0 aliphatic rings. The van der Waals surface area contributed by atoms with Crippen LogP contribution in [0.5, 0.6) is 0 Å². The van der Waals surface area contributed by atoms with Crippen molar-refractivity contribution in [1.29, 1.82) is 0 Å². The van der Waals surface area contributed by atoms with Gasteiger partial charge in [0.1, 0.15) is 0 Å². The average molecular weight is 277 g/mol. The molecule has 0 aromatic heterocycles. The van der Waals surface area contributed by atoms with Crippen molar-refractivity contribution in [3.05, 3.63) is 0 Å². The molecule has 0 bridgehead atoms. The molecule has 0 aromatic carbocycles. The molecule has 0 aromatic rings. The summed E-state index contributed by atoms with van der Waals surface area (Å²) in [4.78, 5) is 0. The molecule has 0 N–H and O–H groups in total. The Labute approximate surface area is 70.4 Å². The van der Waals surface area contributed by atoms with E-state index in [9.17, 15) is 16.2 Å². The molecule has 0 saturated carbocycles. The van der Waals surface area contributed by atoms with Crippen molar-refractivity contribution < 1.29 is 19.3 Å². The Kier molecular flexibility index (Phi) is 6.12. The second-order valence-electron chi connectivity index (χ2n) is 1.97. The van der Waals surface area contributed by atoms with Gasteiger partial charge in [-0.25, -0.2) is 0 Å². The zero-order valence-corrected chi connectivity index (χ0v) is 8.87. The van der Waals surface area contributed by atoms with Gasteiger partial charge in [-0.3, -0.25) is 0 Å². The van der Waals surface area contributed by atoms with Crippen LogP contribution in [-0.4, -0.2) is 46.3 Å². The van der Waals surface area contributed by atoms with Gasteiger partial charge >= 0.3 is 70.0 Å². The molecule has 0 fully saturated rings. The van der Waals surface area contributed by atoms with Crippen molar-refractivity contribution in [3.8, 4) is 0 Å². The fourth-order valence-electron chi connectivity index (χ4n) is 0.467. The van der Waals surface area contributed by atoms with Crippen LogP contribution in [0.2, 0.25) is 4.44 Å². The molecule has 0 amide bonds. The molecule has 0 saturated heterocycles. The summed E-state index contributed by atoms with van der Waals surface area (Å²) in [5.74, 6) is 0. The molecule has 0 rings (SSSR count). The summed E-state index contributed by atoms with van der Waals surface area (Å²) in [7, 11) is 1.18. The first-order valence-corrected chi connectivity index (χ1v) is 7.37. The van der Waals surface area contributed by atoms with Crippen LogP contribution in [0, 0.1) is 0 Å². The minimum absolute atomic E-state index is 0.455. The second-order valence-corrected chi connectivity index (χ2v) is 6.42. The Morgan fingerprint density at radius 1 is 1.45 bits per heavy atom. The molecule has 0 aliphatic heterocycles. The molecule has 2 atom stereocenters. The van der Waals surface area contributed by atoms with Crippen molar-refractivity contribution in [2.24, 2.45) is 0 Å². The predicted octanol–water partition coefficient (Wildman–Crippen LogP) is 1.20. The Morgan fingerprint density at radius 3 is 2.36 bits per heavy atom. The van der Waals surface area contributed by atoms with Crippen LogP contribution in [0.3, 0.4) is 0 Å². The molecular formula is C5H9F3O2Sn. The summed E-state index contributed by atoms with van der Waals surface area (Å²) in [5.41, 5.74) is 0. The predicted molar refractivity (Wildman–Crippen MR) is 34.0 cm³/mol. The number of rotatable bonds is 5. The Morgan fingerprint density at radius 2 is 2.00 bits per heavy atom. The van der Waals surface area contributed by atoms with E-state index in [0.29, 0.717) is 0 Å². The Hall–Kier alpha value is 0.349. The van der Waals surface area contributed by atoms with Crippen molar-refractivity contribution >= 4 is 20.2 Å². The maximum absolute atomic E-state index is 12.4. The van der Waals surface area contributed by atoms with Crippen LogP contribution < -0.4 is 0 Å². The first kappa shape index (κ1) is 11.3. The standard InChI is InChI=1S/C4H6F3.CH3O.O.Sn/c1-3(6)4(7)2-5;1-2;;/h3-4H,1-2H2;1H3;;/q;-1;;+1. The van der Waals surface area contributed by atoms with E-state index in [-0.39, 0.29) is 0 Å². The van der Waals surface area contributed by atoms with Crippen molar-refractivity contribution in [3.63, 3.8) is 0 Å². The summed E-state index contributed by atoms with van der Waals surface area (Å²) in [6.07, 6.45) is -4.14. The Bertz CT molecular complexity index is 133. The summed E-state index contributed by atoms with van der Waals surface area (Å²) in [6, 6.07) is 0. The fraction of sp³-hybridized carbons (Fsp3) is 1.00. The molecule has 2 unspecified atom stereocenters. The van der Waals surface area contributed by atoms with E-state index in [2.05, 4.69) is 3.07 Å². The summed E-state index contributed by atoms with van der Waals surface area (Å²) < 4.78 is 50.4. The number of hydrogen-bond donors (Lipinski definition) is 0. The zero-order chi connectivity index (χ0) is 8.85. The molecule has 2 nitrogen and oxygen atoms in total. The van der Waals surface area contributed by atoms with Gasteiger partial charge in [-0.2, -0.15) is 0 Å². The van der Waals surface area contributed by atoms with E-state index in [1.54, 1.807) is 0 Å². The number of hydrogen-bond acceptors (Lipinski definition) is 2. The van der Waals surface area contributed by atoms with Gasteiger partial charge in [-0.05, 0) is 0 Å². The quantitative estimate of drug-likeness (QED) is 0.706. The summed E-state index contributed by atoms with van der Waals surface area (Å²) >= 11 is -3.35. The fourth-order valence-corrected chi connectivity index (χ4v) is 2.58. The molecule has 0 aliphatic carbocycles. The van der Waals surface area contributed by atoms with Gasteiger partial charge in [0.15, 0.2) is 0 Å². The van der Waals surface area contributed by atoms with Crippen LogP contribution in [0.4, 0.5) is 13.2 Å². The van der Waals surface area contributed by atoms with Crippen molar-refractivity contribution in [2.45, 2.75) is 16.8 Å². The first-order valence-electron chi connectivity index (χ1n) is 3.02. The van der Waals surface area contributed by atoms with Crippen molar-refractivity contribution in [1.82, 2.24) is 0 Å². The van der Waals surface area contributed by atoms with E-state index >= 15 is 0 Å². The zero-order valence-electron chi connectivity index (χ0n) is 6.02. The van der Waals surface area contributed by atoms with Crippen LogP contribution in [0.25, 0.3) is 0 Å². The number of alkyl halides is 3. The third kappa shape index (κ3) is 4.73. The first-order chi connectivity index (χ1) is 5.11. The molecule has 6 heteroatoms. The molecule has 0 spiro atoms. The monoisotopic (exact) mass is 278 g/mol. The normalized spacial score (nSPS) is 16.0. The van der Waals surface area contributed by atoms with Crippen LogP contribution in [0.15, 0.2) is 0 Å². The number of halogens is 3.